The van der Waals surface area contributed by atoms with Crippen molar-refractivity contribution >= 4 is 65.4 Å². The molecule has 11 rings (SSSR count). The van der Waals surface area contributed by atoms with Crippen LogP contribution in [0.5, 0.6) is 0 Å². The molecule has 51 heavy (non-hydrogen) atoms. The van der Waals surface area contributed by atoms with E-state index in [1.54, 1.807) is 0 Å². The van der Waals surface area contributed by atoms with Crippen LogP contribution in [0.25, 0.3) is 93.6 Å². The van der Waals surface area contributed by atoms with Crippen LogP contribution >= 0.6 is 0 Å². The molecule has 0 radical (unpaired) electrons. The summed E-state index contributed by atoms with van der Waals surface area (Å²) in [7, 11) is 0. The molecule has 8 aromatic carbocycles. The molecule has 0 fully saturated rings. The lowest BCUT2D eigenvalue weighted by Crippen LogP contribution is -2.01. The summed E-state index contributed by atoms with van der Waals surface area (Å²) in [4.78, 5) is 0. The number of hydrogen-bond donors (Lipinski definition) is 0. The second-order valence-electron chi connectivity index (χ2n) is 13.3. The van der Waals surface area contributed by atoms with E-state index in [-0.39, 0.29) is 0 Å². The second-order valence-corrected chi connectivity index (χ2v) is 13.3. The number of rotatable bonds is 4. The van der Waals surface area contributed by atoms with Crippen molar-refractivity contribution in [3.63, 3.8) is 0 Å². The number of aromatic nitrogens is 3. The largest absolute Gasteiger partial charge is 0.309 e. The zero-order valence-electron chi connectivity index (χ0n) is 27.7. The Morgan fingerprint density at radius 3 is 1.39 bits per heavy atom. The van der Waals surface area contributed by atoms with Crippen molar-refractivity contribution < 1.29 is 0 Å². The first-order valence-corrected chi connectivity index (χ1v) is 17.5. The maximum atomic E-state index is 2.48. The van der Waals surface area contributed by atoms with Crippen molar-refractivity contribution in [1.29, 1.82) is 0 Å². The molecule has 0 saturated heterocycles. The quantitative estimate of drug-likeness (QED) is 0.180. The number of nitrogens with zero attached hydrogens (tertiary/aromatic N) is 3. The minimum Gasteiger partial charge on any atom is -0.309 e. The Balaban J connectivity index is 1.23. The van der Waals surface area contributed by atoms with Crippen molar-refractivity contribution in [2.24, 2.45) is 0 Å². The van der Waals surface area contributed by atoms with Crippen LogP contribution in [0.15, 0.2) is 188 Å². The van der Waals surface area contributed by atoms with Crippen LogP contribution < -0.4 is 0 Å². The van der Waals surface area contributed by atoms with Crippen LogP contribution in [0.1, 0.15) is 0 Å². The van der Waals surface area contributed by atoms with E-state index < -0.39 is 0 Å². The van der Waals surface area contributed by atoms with E-state index >= 15 is 0 Å². The molecular formula is C48H31N3. The SMILES string of the molecule is c1ccc(-c2ccccc2-n2c3ccccc3c3cc(-n4c5ccccc5c5cccc(-n6c7ccccc7c7ccccc76)c54)ccc32)cc1. The molecule has 11 aromatic rings. The molecule has 0 saturated carbocycles. The van der Waals surface area contributed by atoms with Gasteiger partial charge in [-0.2, -0.15) is 0 Å². The highest BCUT2D eigenvalue weighted by molar-refractivity contribution is 6.16. The molecule has 3 nitrogen and oxygen atoms in total. The van der Waals surface area contributed by atoms with E-state index in [0.717, 1.165) is 5.69 Å². The summed E-state index contributed by atoms with van der Waals surface area (Å²) in [6.45, 7) is 0. The number of benzene rings is 8. The van der Waals surface area contributed by atoms with Gasteiger partial charge in [-0.05, 0) is 60.2 Å². The lowest BCUT2D eigenvalue weighted by atomic mass is 10.0. The predicted molar refractivity (Wildman–Crippen MR) is 215 cm³/mol. The van der Waals surface area contributed by atoms with Crippen LogP contribution in [0, 0.1) is 0 Å². The Morgan fingerprint density at radius 1 is 0.275 bits per heavy atom. The van der Waals surface area contributed by atoms with Crippen molar-refractivity contribution in [3.05, 3.63) is 188 Å². The molecule has 0 N–H and O–H groups in total. The van der Waals surface area contributed by atoms with Crippen molar-refractivity contribution in [1.82, 2.24) is 13.7 Å². The van der Waals surface area contributed by atoms with Gasteiger partial charge in [0, 0.05) is 43.6 Å². The highest BCUT2D eigenvalue weighted by atomic mass is 15.1. The highest BCUT2D eigenvalue weighted by Gasteiger charge is 2.21. The first kappa shape index (κ1) is 28.0. The third-order valence-corrected chi connectivity index (χ3v) is 10.6. The van der Waals surface area contributed by atoms with E-state index in [0.29, 0.717) is 0 Å². The van der Waals surface area contributed by atoms with E-state index in [2.05, 4.69) is 202 Å². The Bertz CT molecular complexity index is 3080. The Kier molecular flexibility index (Phi) is 5.96. The summed E-state index contributed by atoms with van der Waals surface area (Å²) < 4.78 is 7.37. The smallest absolute Gasteiger partial charge is 0.0782 e. The molecule has 0 amide bonds. The zero-order chi connectivity index (χ0) is 33.5. The first-order valence-electron chi connectivity index (χ1n) is 17.5. The number of para-hydroxylation sites is 6. The van der Waals surface area contributed by atoms with Crippen LogP contribution in [-0.4, -0.2) is 13.7 Å². The maximum absolute atomic E-state index is 2.48. The molecule has 0 atom stereocenters. The summed E-state index contributed by atoms with van der Waals surface area (Å²) >= 11 is 0. The van der Waals surface area contributed by atoms with Gasteiger partial charge in [-0.15, -0.1) is 0 Å². The standard InChI is InChI=1S/C48H31N3/c1-2-15-32(16-3-1)34-17-4-9-23-41(34)50-45-27-13-8-21-38(45)40-31-33(29-30-46(40)50)49-42-24-10-7-20-37(42)39-22-14-28-47(48(39)49)51-43-25-11-5-18-35(43)36-19-6-12-26-44(36)51/h1-31H. The van der Waals surface area contributed by atoms with Crippen LogP contribution in [0.2, 0.25) is 0 Å². The Labute approximate surface area is 294 Å². The molecule has 3 heterocycles. The molecule has 0 bridgehead atoms. The normalized spacial score (nSPS) is 11.9. The zero-order valence-corrected chi connectivity index (χ0v) is 27.7. The van der Waals surface area contributed by atoms with E-state index in [9.17, 15) is 0 Å². The monoisotopic (exact) mass is 649 g/mol. The molecule has 238 valence electrons. The summed E-state index contributed by atoms with van der Waals surface area (Å²) in [5.41, 5.74) is 13.1. The van der Waals surface area contributed by atoms with Crippen LogP contribution in [0.3, 0.4) is 0 Å². The van der Waals surface area contributed by atoms with Gasteiger partial charge in [0.25, 0.3) is 0 Å². The van der Waals surface area contributed by atoms with Crippen LogP contribution in [-0.2, 0) is 0 Å². The van der Waals surface area contributed by atoms with Gasteiger partial charge in [-0.25, -0.2) is 0 Å². The topological polar surface area (TPSA) is 14.8 Å². The molecule has 0 aliphatic carbocycles. The third-order valence-electron chi connectivity index (χ3n) is 10.6. The van der Waals surface area contributed by atoms with E-state index in [1.165, 1.54) is 87.9 Å². The molecule has 0 spiro atoms. The Hall–Kier alpha value is -6.84. The van der Waals surface area contributed by atoms with Crippen molar-refractivity contribution in [3.8, 4) is 28.2 Å². The van der Waals surface area contributed by atoms with Crippen molar-refractivity contribution in [2.45, 2.75) is 0 Å². The molecule has 0 aliphatic heterocycles. The second kappa shape index (κ2) is 10.8. The minimum absolute atomic E-state index is 1.14. The molecule has 0 unspecified atom stereocenters. The summed E-state index contributed by atoms with van der Waals surface area (Å²) in [5.74, 6) is 0. The number of fused-ring (bicyclic) bond motifs is 9. The van der Waals surface area contributed by atoms with Gasteiger partial charge in [0.2, 0.25) is 0 Å². The van der Waals surface area contributed by atoms with Gasteiger partial charge in [-0.3, -0.25) is 0 Å². The molecule has 0 aliphatic rings. The van der Waals surface area contributed by atoms with Gasteiger partial charge >= 0.3 is 0 Å². The fourth-order valence-corrected chi connectivity index (χ4v) is 8.52. The fourth-order valence-electron chi connectivity index (χ4n) is 8.52. The maximum Gasteiger partial charge on any atom is 0.0782 e. The number of hydrogen-bond acceptors (Lipinski definition) is 0. The van der Waals surface area contributed by atoms with Gasteiger partial charge in [0.05, 0.1) is 44.5 Å². The third kappa shape index (κ3) is 4.00. The van der Waals surface area contributed by atoms with Gasteiger partial charge in [-0.1, -0.05) is 133 Å². The molecule has 3 heteroatoms. The predicted octanol–water partition coefficient (Wildman–Crippen LogP) is 12.6. The average Bonchev–Trinajstić information content (AvgIpc) is 3.84. The molecular weight excluding hydrogens is 619 g/mol. The molecule has 3 aromatic heterocycles. The summed E-state index contributed by atoms with van der Waals surface area (Å²) in [6, 6.07) is 68.4. The van der Waals surface area contributed by atoms with E-state index in [4.69, 9.17) is 0 Å². The average molecular weight is 650 g/mol. The summed E-state index contributed by atoms with van der Waals surface area (Å²) in [5, 5.41) is 7.47. The van der Waals surface area contributed by atoms with Gasteiger partial charge in [0.15, 0.2) is 0 Å². The van der Waals surface area contributed by atoms with E-state index in [1.807, 2.05) is 0 Å². The minimum atomic E-state index is 1.14. The van der Waals surface area contributed by atoms with Crippen molar-refractivity contribution in [2.75, 3.05) is 0 Å². The fraction of sp³-hybridized carbons (Fsp3) is 0. The lowest BCUT2D eigenvalue weighted by molar-refractivity contribution is 1.13. The summed E-state index contributed by atoms with van der Waals surface area (Å²) in [6.07, 6.45) is 0. The van der Waals surface area contributed by atoms with Crippen LogP contribution in [0.4, 0.5) is 0 Å². The Morgan fingerprint density at radius 2 is 0.725 bits per heavy atom. The first-order chi connectivity index (χ1) is 25.3. The van der Waals surface area contributed by atoms with Gasteiger partial charge in [0.1, 0.15) is 0 Å². The van der Waals surface area contributed by atoms with Gasteiger partial charge < -0.3 is 13.7 Å². The lowest BCUT2D eigenvalue weighted by Gasteiger charge is -2.15. The highest BCUT2D eigenvalue weighted by Crippen LogP contribution is 2.42.